The zero-order chi connectivity index (χ0) is 10.6. The minimum Gasteiger partial charge on any atom is -0.311 e. The lowest BCUT2D eigenvalue weighted by atomic mass is 10.2. The Morgan fingerprint density at radius 1 is 1.43 bits per heavy atom. The first-order chi connectivity index (χ1) is 6.70. The second-order valence-electron chi connectivity index (χ2n) is 2.87. The molecule has 0 atom stereocenters. The average molecular weight is 187 g/mol. The van der Waals surface area contributed by atoms with Gasteiger partial charge in [-0.25, -0.2) is 0 Å². The van der Waals surface area contributed by atoms with Gasteiger partial charge in [-0.1, -0.05) is 0 Å². The summed E-state index contributed by atoms with van der Waals surface area (Å²) in [5.41, 5.74) is 0.570. The molecule has 1 heterocycles. The maximum atomic E-state index is 11.6. The zero-order valence-electron chi connectivity index (χ0n) is 7.82. The number of aryl methyl sites for hydroxylation is 1. The summed E-state index contributed by atoms with van der Waals surface area (Å²) >= 11 is 0. The first-order valence-electron chi connectivity index (χ1n) is 4.18. The summed E-state index contributed by atoms with van der Waals surface area (Å²) in [5.74, 6) is 0. The predicted molar refractivity (Wildman–Crippen MR) is 50.4 cm³/mol. The first kappa shape index (κ1) is 10.0. The monoisotopic (exact) mass is 187 g/mol. The van der Waals surface area contributed by atoms with Crippen LogP contribution in [0.2, 0.25) is 0 Å². The van der Waals surface area contributed by atoms with Crippen LogP contribution in [0.15, 0.2) is 16.9 Å². The Bertz CT molecular complexity index is 474. The van der Waals surface area contributed by atoms with Gasteiger partial charge in [-0.2, -0.15) is 10.5 Å². The summed E-state index contributed by atoms with van der Waals surface area (Å²) in [6.45, 7) is 2.12. The van der Waals surface area contributed by atoms with E-state index in [9.17, 15) is 4.79 Å². The standard InChI is InChI=1S/C10H9N3O/c1-8-3-4-9(7-12)10(14)13(8)6-2-5-11/h3-4H,2,6H2,1H3. The van der Waals surface area contributed by atoms with Crippen molar-refractivity contribution >= 4 is 0 Å². The summed E-state index contributed by atoms with van der Waals surface area (Å²) in [5, 5.41) is 17.0. The van der Waals surface area contributed by atoms with Crippen molar-refractivity contribution in [2.45, 2.75) is 19.9 Å². The highest BCUT2D eigenvalue weighted by Gasteiger charge is 2.04. The van der Waals surface area contributed by atoms with E-state index in [0.717, 1.165) is 5.69 Å². The van der Waals surface area contributed by atoms with E-state index in [-0.39, 0.29) is 17.5 Å². The SMILES string of the molecule is Cc1ccc(C#N)c(=O)n1CCC#N. The Balaban J connectivity index is 3.22. The van der Waals surface area contributed by atoms with E-state index in [4.69, 9.17) is 10.5 Å². The van der Waals surface area contributed by atoms with Crippen LogP contribution in [0.3, 0.4) is 0 Å². The fraction of sp³-hybridized carbons (Fsp3) is 0.300. The average Bonchev–Trinajstić information content (AvgIpc) is 2.18. The molecule has 0 N–H and O–H groups in total. The molecule has 1 aromatic heterocycles. The van der Waals surface area contributed by atoms with Crippen LogP contribution < -0.4 is 5.56 Å². The van der Waals surface area contributed by atoms with Gasteiger partial charge < -0.3 is 4.57 Å². The highest BCUT2D eigenvalue weighted by atomic mass is 16.1. The van der Waals surface area contributed by atoms with Crippen LogP contribution in [0.1, 0.15) is 17.7 Å². The maximum Gasteiger partial charge on any atom is 0.268 e. The number of aromatic nitrogens is 1. The van der Waals surface area contributed by atoms with Gasteiger partial charge in [0.2, 0.25) is 0 Å². The molecule has 0 aliphatic heterocycles. The van der Waals surface area contributed by atoms with Crippen LogP contribution in [0.5, 0.6) is 0 Å². The molecule has 0 radical (unpaired) electrons. The summed E-state index contributed by atoms with van der Waals surface area (Å²) in [6.07, 6.45) is 0.273. The number of hydrogen-bond acceptors (Lipinski definition) is 3. The predicted octanol–water partition coefficient (Wildman–Crippen LogP) is 0.942. The van der Waals surface area contributed by atoms with Crippen molar-refractivity contribution in [2.75, 3.05) is 0 Å². The lowest BCUT2D eigenvalue weighted by Gasteiger charge is -2.06. The van der Waals surface area contributed by atoms with Crippen molar-refractivity contribution < 1.29 is 0 Å². The van der Waals surface area contributed by atoms with Crippen molar-refractivity contribution in [3.8, 4) is 12.1 Å². The molecule has 1 aromatic rings. The second-order valence-corrected chi connectivity index (χ2v) is 2.87. The lowest BCUT2D eigenvalue weighted by Crippen LogP contribution is -2.24. The summed E-state index contributed by atoms with van der Waals surface area (Å²) in [6, 6.07) is 6.99. The van der Waals surface area contributed by atoms with Gasteiger partial charge in [0.05, 0.1) is 12.5 Å². The highest BCUT2D eigenvalue weighted by molar-refractivity contribution is 5.27. The van der Waals surface area contributed by atoms with Gasteiger partial charge in [-0.05, 0) is 19.1 Å². The summed E-state index contributed by atoms with van der Waals surface area (Å²) in [4.78, 5) is 11.6. The van der Waals surface area contributed by atoms with Crippen molar-refractivity contribution in [3.05, 3.63) is 33.7 Å². The Hall–Kier alpha value is -2.07. The fourth-order valence-electron chi connectivity index (χ4n) is 1.20. The Labute approximate surface area is 81.6 Å². The smallest absolute Gasteiger partial charge is 0.268 e. The minimum absolute atomic E-state index is 0.119. The summed E-state index contributed by atoms with van der Waals surface area (Å²) in [7, 11) is 0. The topological polar surface area (TPSA) is 69.6 Å². The molecule has 14 heavy (non-hydrogen) atoms. The molecule has 4 nitrogen and oxygen atoms in total. The van der Waals surface area contributed by atoms with E-state index in [1.54, 1.807) is 13.0 Å². The summed E-state index contributed by atoms with van der Waals surface area (Å²) < 4.78 is 1.45. The normalized spacial score (nSPS) is 9.07. The van der Waals surface area contributed by atoms with E-state index in [0.29, 0.717) is 6.54 Å². The Morgan fingerprint density at radius 2 is 2.14 bits per heavy atom. The lowest BCUT2D eigenvalue weighted by molar-refractivity contribution is 0.662. The molecular weight excluding hydrogens is 178 g/mol. The van der Waals surface area contributed by atoms with Crippen LogP contribution in [0.25, 0.3) is 0 Å². The van der Waals surface area contributed by atoms with Gasteiger partial charge in [0.25, 0.3) is 5.56 Å². The maximum absolute atomic E-state index is 11.6. The molecular formula is C10H9N3O. The molecule has 0 aliphatic carbocycles. The van der Waals surface area contributed by atoms with Crippen LogP contribution in [0, 0.1) is 29.6 Å². The largest absolute Gasteiger partial charge is 0.311 e. The number of nitrogens with zero attached hydrogens (tertiary/aromatic N) is 3. The number of hydrogen-bond donors (Lipinski definition) is 0. The highest BCUT2D eigenvalue weighted by Crippen LogP contribution is 1.98. The van der Waals surface area contributed by atoms with Crippen LogP contribution in [-0.4, -0.2) is 4.57 Å². The van der Waals surface area contributed by atoms with Crippen LogP contribution in [0.4, 0.5) is 0 Å². The molecule has 0 fully saturated rings. The van der Waals surface area contributed by atoms with Crippen molar-refractivity contribution in [2.24, 2.45) is 0 Å². The molecule has 0 saturated heterocycles. The third-order valence-corrected chi connectivity index (χ3v) is 1.96. The Kier molecular flexibility index (Phi) is 3.04. The van der Waals surface area contributed by atoms with Crippen molar-refractivity contribution in [1.29, 1.82) is 10.5 Å². The quantitative estimate of drug-likeness (QED) is 0.691. The fourth-order valence-corrected chi connectivity index (χ4v) is 1.20. The van der Waals surface area contributed by atoms with Crippen molar-refractivity contribution in [3.63, 3.8) is 0 Å². The van der Waals surface area contributed by atoms with Crippen molar-refractivity contribution in [1.82, 2.24) is 4.57 Å². The van der Waals surface area contributed by atoms with Gasteiger partial charge in [-0.3, -0.25) is 4.79 Å². The van der Waals surface area contributed by atoms with Gasteiger partial charge in [-0.15, -0.1) is 0 Å². The zero-order valence-corrected chi connectivity index (χ0v) is 7.82. The molecule has 70 valence electrons. The minimum atomic E-state index is -0.317. The number of rotatable bonds is 2. The molecule has 0 bridgehead atoms. The first-order valence-corrected chi connectivity index (χ1v) is 4.18. The molecule has 0 spiro atoms. The molecule has 0 saturated carbocycles. The van der Waals surface area contributed by atoms with E-state index in [2.05, 4.69) is 0 Å². The molecule has 1 rings (SSSR count). The third-order valence-electron chi connectivity index (χ3n) is 1.96. The Morgan fingerprint density at radius 3 is 2.71 bits per heavy atom. The van der Waals surface area contributed by atoms with Gasteiger partial charge in [0.1, 0.15) is 11.6 Å². The van der Waals surface area contributed by atoms with E-state index >= 15 is 0 Å². The molecule has 4 heteroatoms. The van der Waals surface area contributed by atoms with Crippen LogP contribution >= 0.6 is 0 Å². The molecule has 0 amide bonds. The van der Waals surface area contributed by atoms with Gasteiger partial charge in [0.15, 0.2) is 0 Å². The number of pyridine rings is 1. The van der Waals surface area contributed by atoms with E-state index in [1.165, 1.54) is 10.6 Å². The van der Waals surface area contributed by atoms with Crippen LogP contribution in [-0.2, 0) is 6.54 Å². The van der Waals surface area contributed by atoms with E-state index in [1.807, 2.05) is 12.1 Å². The molecule has 0 aliphatic rings. The second kappa shape index (κ2) is 4.25. The number of nitriles is 2. The van der Waals surface area contributed by atoms with Gasteiger partial charge in [0, 0.05) is 12.2 Å². The molecule has 0 aromatic carbocycles. The molecule has 0 unspecified atom stereocenters. The van der Waals surface area contributed by atoms with E-state index < -0.39 is 0 Å². The third kappa shape index (κ3) is 1.81. The van der Waals surface area contributed by atoms with Gasteiger partial charge >= 0.3 is 0 Å².